The first kappa shape index (κ1) is 22.7. The van der Waals surface area contributed by atoms with Crippen LogP contribution >= 0.6 is 0 Å². The van der Waals surface area contributed by atoms with Gasteiger partial charge in [0.2, 0.25) is 5.89 Å². The van der Waals surface area contributed by atoms with E-state index in [-0.39, 0.29) is 16.5 Å². The van der Waals surface area contributed by atoms with Crippen molar-refractivity contribution in [2.45, 2.75) is 17.1 Å². The molecule has 1 atom stereocenters. The number of oxazole rings is 1. The van der Waals surface area contributed by atoms with Crippen LogP contribution in [0.5, 0.6) is 0 Å². The van der Waals surface area contributed by atoms with Gasteiger partial charge in [-0.25, -0.2) is 17.8 Å². The normalized spacial score (nSPS) is 12.4. The van der Waals surface area contributed by atoms with Gasteiger partial charge in [0.05, 0.1) is 4.90 Å². The Balaban J connectivity index is 1.78. The SMILES string of the molecule is Cc1ccc(S(=O)(=O)C(c2ccccc2)c2oc(-c3cccc(F)c3)nc2-c2ccccc2)cc1. The zero-order chi connectivity index (χ0) is 24.4. The van der Waals surface area contributed by atoms with Crippen LogP contribution in [0.15, 0.2) is 119 Å². The van der Waals surface area contributed by atoms with Crippen molar-refractivity contribution in [2.24, 2.45) is 0 Å². The molecule has 1 aromatic heterocycles. The minimum atomic E-state index is -3.94. The number of halogens is 1. The highest BCUT2D eigenvalue weighted by Crippen LogP contribution is 2.42. The lowest BCUT2D eigenvalue weighted by molar-refractivity contribution is 0.513. The molecule has 35 heavy (non-hydrogen) atoms. The van der Waals surface area contributed by atoms with Crippen LogP contribution in [0.4, 0.5) is 4.39 Å². The summed E-state index contributed by atoms with van der Waals surface area (Å²) in [5.74, 6) is -0.101. The molecular formula is C29H22FNO3S. The van der Waals surface area contributed by atoms with Crippen molar-refractivity contribution in [1.29, 1.82) is 0 Å². The third-order valence-electron chi connectivity index (χ3n) is 5.77. The molecule has 6 heteroatoms. The molecule has 0 radical (unpaired) electrons. The summed E-state index contributed by atoms with van der Waals surface area (Å²) >= 11 is 0. The standard InChI is InChI=1S/C29H22FNO3S/c1-20-15-17-25(18-16-20)35(32,33)28(22-11-6-3-7-12-22)27-26(21-9-4-2-5-10-21)31-29(34-27)23-13-8-14-24(30)19-23/h2-19,28H,1H3. The summed E-state index contributed by atoms with van der Waals surface area (Å²) in [6, 6.07) is 30.8. The molecule has 0 saturated carbocycles. The van der Waals surface area contributed by atoms with E-state index >= 15 is 0 Å². The average molecular weight is 484 g/mol. The van der Waals surface area contributed by atoms with E-state index in [0.717, 1.165) is 5.56 Å². The summed E-state index contributed by atoms with van der Waals surface area (Å²) < 4.78 is 48.3. The summed E-state index contributed by atoms with van der Waals surface area (Å²) in [6.45, 7) is 1.90. The number of nitrogens with zero attached hydrogens (tertiary/aromatic N) is 1. The second-order valence-corrected chi connectivity index (χ2v) is 10.3. The molecule has 0 fully saturated rings. The lowest BCUT2D eigenvalue weighted by atomic mass is 10.0. The predicted molar refractivity (Wildman–Crippen MR) is 134 cm³/mol. The number of rotatable bonds is 6. The number of aromatic nitrogens is 1. The highest BCUT2D eigenvalue weighted by molar-refractivity contribution is 7.91. The zero-order valence-corrected chi connectivity index (χ0v) is 19.7. The molecule has 0 aliphatic heterocycles. The molecule has 1 heterocycles. The maximum absolute atomic E-state index is 14.1. The Morgan fingerprint density at radius 1 is 0.771 bits per heavy atom. The van der Waals surface area contributed by atoms with Gasteiger partial charge in [-0.05, 0) is 42.8 Å². The van der Waals surface area contributed by atoms with Crippen LogP contribution in [-0.4, -0.2) is 13.4 Å². The smallest absolute Gasteiger partial charge is 0.227 e. The Labute approximate surface area is 203 Å². The molecule has 0 bridgehead atoms. The molecule has 0 aliphatic rings. The van der Waals surface area contributed by atoms with Gasteiger partial charge in [0.1, 0.15) is 11.5 Å². The van der Waals surface area contributed by atoms with Gasteiger partial charge in [0, 0.05) is 11.1 Å². The lowest BCUT2D eigenvalue weighted by Gasteiger charge is -2.18. The van der Waals surface area contributed by atoms with E-state index in [9.17, 15) is 12.8 Å². The lowest BCUT2D eigenvalue weighted by Crippen LogP contribution is -2.15. The number of hydrogen-bond acceptors (Lipinski definition) is 4. The van der Waals surface area contributed by atoms with Crippen molar-refractivity contribution in [3.63, 3.8) is 0 Å². The maximum Gasteiger partial charge on any atom is 0.227 e. The monoisotopic (exact) mass is 483 g/mol. The average Bonchev–Trinajstić information content (AvgIpc) is 3.30. The Hall–Kier alpha value is -4.03. The van der Waals surface area contributed by atoms with Crippen molar-refractivity contribution in [3.05, 3.63) is 132 Å². The topological polar surface area (TPSA) is 60.2 Å². The second kappa shape index (κ2) is 9.31. The van der Waals surface area contributed by atoms with Crippen molar-refractivity contribution in [3.8, 4) is 22.7 Å². The molecule has 4 nitrogen and oxygen atoms in total. The molecule has 0 amide bonds. The van der Waals surface area contributed by atoms with Crippen LogP contribution in [0.25, 0.3) is 22.7 Å². The van der Waals surface area contributed by atoms with E-state index in [1.165, 1.54) is 12.1 Å². The van der Waals surface area contributed by atoms with Gasteiger partial charge in [-0.2, -0.15) is 0 Å². The zero-order valence-electron chi connectivity index (χ0n) is 18.9. The maximum atomic E-state index is 14.1. The number of hydrogen-bond donors (Lipinski definition) is 0. The first-order valence-electron chi connectivity index (χ1n) is 11.1. The van der Waals surface area contributed by atoms with Gasteiger partial charge in [-0.3, -0.25) is 0 Å². The van der Waals surface area contributed by atoms with E-state index in [0.29, 0.717) is 22.4 Å². The molecule has 0 spiro atoms. The highest BCUT2D eigenvalue weighted by Gasteiger charge is 2.37. The van der Waals surface area contributed by atoms with E-state index in [4.69, 9.17) is 4.42 Å². The highest BCUT2D eigenvalue weighted by atomic mass is 32.2. The van der Waals surface area contributed by atoms with Crippen molar-refractivity contribution >= 4 is 9.84 Å². The van der Waals surface area contributed by atoms with Gasteiger partial charge >= 0.3 is 0 Å². The van der Waals surface area contributed by atoms with Gasteiger partial charge in [0.15, 0.2) is 20.8 Å². The fourth-order valence-electron chi connectivity index (χ4n) is 4.02. The molecule has 0 N–H and O–H groups in total. The molecule has 0 aliphatic carbocycles. The minimum absolute atomic E-state index is 0.151. The first-order chi connectivity index (χ1) is 16.9. The first-order valence-corrected chi connectivity index (χ1v) is 12.7. The van der Waals surface area contributed by atoms with E-state index in [1.807, 2.05) is 43.3 Å². The van der Waals surface area contributed by atoms with Crippen LogP contribution in [0.1, 0.15) is 22.1 Å². The predicted octanol–water partition coefficient (Wildman–Crippen LogP) is 7.02. The van der Waals surface area contributed by atoms with E-state index in [1.54, 1.807) is 60.7 Å². The van der Waals surface area contributed by atoms with Crippen LogP contribution in [0.3, 0.4) is 0 Å². The van der Waals surface area contributed by atoms with Crippen LogP contribution in [0, 0.1) is 12.7 Å². The van der Waals surface area contributed by atoms with Crippen LogP contribution in [0.2, 0.25) is 0 Å². The van der Waals surface area contributed by atoms with E-state index in [2.05, 4.69) is 4.98 Å². The summed E-state index contributed by atoms with van der Waals surface area (Å²) in [5, 5.41) is -1.16. The molecular weight excluding hydrogens is 461 g/mol. The summed E-state index contributed by atoms with van der Waals surface area (Å²) in [6.07, 6.45) is 0. The molecule has 5 rings (SSSR count). The van der Waals surface area contributed by atoms with E-state index < -0.39 is 20.9 Å². The van der Waals surface area contributed by atoms with Crippen molar-refractivity contribution in [2.75, 3.05) is 0 Å². The molecule has 5 aromatic rings. The van der Waals surface area contributed by atoms with Gasteiger partial charge < -0.3 is 4.42 Å². The van der Waals surface area contributed by atoms with Gasteiger partial charge in [0.25, 0.3) is 0 Å². The van der Waals surface area contributed by atoms with Crippen LogP contribution < -0.4 is 0 Å². The Kier molecular flexibility index (Phi) is 6.05. The fourth-order valence-corrected chi connectivity index (χ4v) is 5.77. The largest absolute Gasteiger partial charge is 0.439 e. The van der Waals surface area contributed by atoms with Crippen molar-refractivity contribution in [1.82, 2.24) is 4.98 Å². The van der Waals surface area contributed by atoms with Gasteiger partial charge in [-0.1, -0.05) is 84.4 Å². The molecule has 0 saturated heterocycles. The number of aryl methyl sites for hydroxylation is 1. The quantitative estimate of drug-likeness (QED) is 0.260. The molecule has 1 unspecified atom stereocenters. The third kappa shape index (κ3) is 4.53. The van der Waals surface area contributed by atoms with Gasteiger partial charge in [-0.15, -0.1) is 0 Å². The number of benzene rings is 4. The molecule has 4 aromatic carbocycles. The summed E-state index contributed by atoms with van der Waals surface area (Å²) in [5.41, 5.74) is 3.03. The summed E-state index contributed by atoms with van der Waals surface area (Å²) in [7, 11) is -3.94. The second-order valence-electron chi connectivity index (χ2n) is 8.26. The van der Waals surface area contributed by atoms with Crippen LogP contribution in [-0.2, 0) is 9.84 Å². The fraction of sp³-hybridized carbons (Fsp3) is 0.0690. The number of sulfone groups is 1. The Bertz CT molecular complexity index is 1560. The van der Waals surface area contributed by atoms with Crippen molar-refractivity contribution < 1.29 is 17.2 Å². The minimum Gasteiger partial charge on any atom is -0.439 e. The molecule has 174 valence electrons. The Morgan fingerprint density at radius 3 is 2.06 bits per heavy atom. The summed E-state index contributed by atoms with van der Waals surface area (Å²) in [4.78, 5) is 4.84. The third-order valence-corrected chi connectivity index (χ3v) is 7.81. The Morgan fingerprint density at radius 2 is 1.40 bits per heavy atom.